The molecule has 0 bridgehead atoms. The van der Waals surface area contributed by atoms with Crippen molar-refractivity contribution in [3.05, 3.63) is 78.6 Å². The average Bonchev–Trinajstić information content (AvgIpc) is 2.96. The highest BCUT2D eigenvalue weighted by molar-refractivity contribution is 7.89. The third-order valence-electron chi connectivity index (χ3n) is 6.33. The summed E-state index contributed by atoms with van der Waals surface area (Å²) in [6.45, 7) is 0.820. The van der Waals surface area contributed by atoms with E-state index in [1.165, 1.54) is 24.3 Å². The number of ether oxygens (including phenoxy) is 1. The molecule has 3 atom stereocenters. The summed E-state index contributed by atoms with van der Waals surface area (Å²) >= 11 is 0. The molecule has 2 unspecified atom stereocenters. The molecule has 3 aromatic rings. The molecule has 0 saturated carbocycles. The lowest BCUT2D eigenvalue weighted by molar-refractivity contribution is -0.138. The monoisotopic (exact) mass is 554 g/mol. The molecule has 1 aromatic heterocycles. The number of carboxylic acids is 1. The summed E-state index contributed by atoms with van der Waals surface area (Å²) < 4.78 is 32.9. The average molecular weight is 555 g/mol. The fourth-order valence-corrected chi connectivity index (χ4v) is 5.48. The molecule has 1 amide bonds. The van der Waals surface area contributed by atoms with Gasteiger partial charge in [0.1, 0.15) is 6.04 Å². The van der Waals surface area contributed by atoms with E-state index in [9.17, 15) is 23.1 Å². The maximum Gasteiger partial charge on any atom is 0.323 e. The predicted molar refractivity (Wildman–Crippen MR) is 144 cm³/mol. The minimum Gasteiger partial charge on any atom is -0.480 e. The minimum atomic E-state index is -4.08. The van der Waals surface area contributed by atoms with E-state index in [2.05, 4.69) is 30.2 Å². The molecule has 0 spiro atoms. The van der Waals surface area contributed by atoms with Crippen LogP contribution in [0.4, 0.5) is 11.6 Å². The van der Waals surface area contributed by atoms with E-state index in [1.54, 1.807) is 49.8 Å². The van der Waals surface area contributed by atoms with Gasteiger partial charge in [-0.1, -0.05) is 24.3 Å². The van der Waals surface area contributed by atoms with Crippen molar-refractivity contribution in [1.82, 2.24) is 20.0 Å². The molecule has 13 heteroatoms. The Labute approximate surface area is 226 Å². The second-order valence-electron chi connectivity index (χ2n) is 8.92. The summed E-state index contributed by atoms with van der Waals surface area (Å²) in [6.07, 6.45) is 3.92. The topological polar surface area (TPSA) is 163 Å². The summed E-state index contributed by atoms with van der Waals surface area (Å²) in [4.78, 5) is 35.0. The Balaban J connectivity index is 1.38. The van der Waals surface area contributed by atoms with Gasteiger partial charge >= 0.3 is 5.97 Å². The van der Waals surface area contributed by atoms with E-state index in [4.69, 9.17) is 4.74 Å². The number of rotatable bonds is 11. The lowest BCUT2D eigenvalue weighted by Crippen LogP contribution is -2.51. The lowest BCUT2D eigenvalue weighted by Gasteiger charge is -2.39. The van der Waals surface area contributed by atoms with E-state index in [1.807, 2.05) is 6.07 Å². The van der Waals surface area contributed by atoms with Crippen molar-refractivity contribution in [3.8, 4) is 0 Å². The Morgan fingerprint density at radius 3 is 2.54 bits per heavy atom. The first-order valence-electron chi connectivity index (χ1n) is 12.3. The second kappa shape index (κ2) is 12.7. The Morgan fingerprint density at radius 1 is 1.10 bits per heavy atom. The normalized spacial score (nSPS) is 18.2. The summed E-state index contributed by atoms with van der Waals surface area (Å²) in [5.74, 6) is -1.41. The van der Waals surface area contributed by atoms with Gasteiger partial charge in [-0.05, 0) is 42.8 Å². The number of piperidine rings is 1. The third-order valence-corrected chi connectivity index (χ3v) is 7.82. The van der Waals surface area contributed by atoms with Crippen LogP contribution in [0.2, 0.25) is 0 Å². The maximum atomic E-state index is 12.9. The number of carbonyl (C=O) groups is 2. The van der Waals surface area contributed by atoms with Crippen molar-refractivity contribution in [2.75, 3.05) is 37.0 Å². The van der Waals surface area contributed by atoms with Gasteiger partial charge in [0, 0.05) is 50.4 Å². The van der Waals surface area contributed by atoms with Crippen LogP contribution in [0.25, 0.3) is 0 Å². The number of aliphatic carboxylic acids is 1. The van der Waals surface area contributed by atoms with Crippen molar-refractivity contribution in [2.45, 2.75) is 29.5 Å². The van der Waals surface area contributed by atoms with E-state index < -0.39 is 34.5 Å². The van der Waals surface area contributed by atoms with Crippen LogP contribution in [0.5, 0.6) is 0 Å². The molecule has 2 aromatic carbocycles. The van der Waals surface area contributed by atoms with Crippen LogP contribution in [0.3, 0.4) is 0 Å². The molecular weight excluding hydrogens is 524 g/mol. The van der Waals surface area contributed by atoms with Crippen LogP contribution in [0.15, 0.2) is 78.0 Å². The van der Waals surface area contributed by atoms with Crippen LogP contribution in [-0.4, -0.2) is 80.3 Å². The number of benzene rings is 2. The van der Waals surface area contributed by atoms with Gasteiger partial charge in [0.15, 0.2) is 0 Å². The first kappa shape index (κ1) is 28.0. The zero-order valence-electron chi connectivity index (χ0n) is 21.2. The quantitative estimate of drug-likeness (QED) is 0.272. The highest BCUT2D eigenvalue weighted by Crippen LogP contribution is 2.24. The number of aromatic nitrogens is 2. The molecule has 2 heterocycles. The molecule has 4 rings (SSSR count). The number of nitrogens with zero attached hydrogens (tertiary/aromatic N) is 3. The molecule has 1 aliphatic heterocycles. The lowest BCUT2D eigenvalue weighted by atomic mass is 10.0. The SMILES string of the molecule is CO[C@H]1CN(c2cccc(C(=O)NCC(NS(=O)(=O)c3ccccc3)C(=O)O)c2)CCC1Nc1ncccn1. The number of anilines is 2. The molecular formula is C26H30N6O6S. The molecule has 0 radical (unpaired) electrons. The molecule has 0 aliphatic carbocycles. The first-order valence-corrected chi connectivity index (χ1v) is 13.7. The summed E-state index contributed by atoms with van der Waals surface area (Å²) in [6, 6.07) is 14.6. The summed E-state index contributed by atoms with van der Waals surface area (Å²) in [5, 5.41) is 15.4. The van der Waals surface area contributed by atoms with Gasteiger partial charge in [-0.2, -0.15) is 4.72 Å². The van der Waals surface area contributed by atoms with Gasteiger partial charge in [-0.25, -0.2) is 18.4 Å². The number of carbonyl (C=O) groups excluding carboxylic acids is 1. The van der Waals surface area contributed by atoms with Crippen LogP contribution in [-0.2, 0) is 19.6 Å². The molecule has 1 aliphatic rings. The number of hydrogen-bond acceptors (Lipinski definition) is 9. The van der Waals surface area contributed by atoms with E-state index in [0.717, 1.165) is 12.1 Å². The number of sulfonamides is 1. The Kier molecular flexibility index (Phi) is 9.07. The van der Waals surface area contributed by atoms with Crippen molar-refractivity contribution in [3.63, 3.8) is 0 Å². The van der Waals surface area contributed by atoms with Crippen molar-refractivity contribution in [2.24, 2.45) is 0 Å². The van der Waals surface area contributed by atoms with Crippen LogP contribution >= 0.6 is 0 Å². The standard InChI is InChI=1S/C26H30N6O6S/c1-38-23-17-32(14-11-21(23)30-26-27-12-6-13-28-26)19-8-5-7-18(15-19)24(33)29-16-22(25(34)35)31-39(36,37)20-9-3-2-4-10-20/h2-10,12-13,15,21-23,31H,11,14,16-17H2,1H3,(H,29,33)(H,34,35)(H,27,28,30)/t21?,22?,23-/m0/s1. The van der Waals surface area contributed by atoms with Gasteiger partial charge in [0.2, 0.25) is 16.0 Å². The highest BCUT2D eigenvalue weighted by Gasteiger charge is 2.30. The van der Waals surface area contributed by atoms with Crippen LogP contribution < -0.4 is 20.3 Å². The molecule has 4 N–H and O–H groups in total. The van der Waals surface area contributed by atoms with Gasteiger partial charge in [-0.3, -0.25) is 9.59 Å². The van der Waals surface area contributed by atoms with Gasteiger partial charge in [0.25, 0.3) is 5.91 Å². The van der Waals surface area contributed by atoms with Gasteiger partial charge in [0.05, 0.1) is 17.0 Å². The fourth-order valence-electron chi connectivity index (χ4n) is 4.27. The smallest absolute Gasteiger partial charge is 0.323 e. The Bertz CT molecular complexity index is 1380. The number of hydrogen-bond donors (Lipinski definition) is 4. The van der Waals surface area contributed by atoms with E-state index in [0.29, 0.717) is 24.6 Å². The van der Waals surface area contributed by atoms with Crippen LogP contribution in [0.1, 0.15) is 16.8 Å². The second-order valence-corrected chi connectivity index (χ2v) is 10.6. The number of carboxylic acid groups (broad SMARTS) is 1. The fraction of sp³-hybridized carbons (Fsp3) is 0.308. The third kappa shape index (κ3) is 7.28. The number of amides is 1. The van der Waals surface area contributed by atoms with E-state index in [-0.39, 0.29) is 17.0 Å². The molecule has 39 heavy (non-hydrogen) atoms. The Morgan fingerprint density at radius 2 is 1.85 bits per heavy atom. The number of nitrogens with one attached hydrogen (secondary N) is 3. The van der Waals surface area contributed by atoms with Crippen molar-refractivity contribution in [1.29, 1.82) is 0 Å². The predicted octanol–water partition coefficient (Wildman–Crippen LogP) is 1.34. The minimum absolute atomic E-state index is 0.00717. The highest BCUT2D eigenvalue weighted by atomic mass is 32.2. The van der Waals surface area contributed by atoms with Gasteiger partial charge < -0.3 is 25.4 Å². The van der Waals surface area contributed by atoms with Crippen molar-refractivity contribution >= 4 is 33.5 Å². The number of methoxy groups -OCH3 is 1. The summed E-state index contributed by atoms with van der Waals surface area (Å²) in [7, 11) is -2.44. The van der Waals surface area contributed by atoms with Crippen LogP contribution in [0, 0.1) is 0 Å². The molecule has 1 fully saturated rings. The zero-order chi connectivity index (χ0) is 27.8. The largest absolute Gasteiger partial charge is 0.480 e. The van der Waals surface area contributed by atoms with Crippen molar-refractivity contribution < 1.29 is 27.9 Å². The van der Waals surface area contributed by atoms with Gasteiger partial charge in [-0.15, -0.1) is 0 Å². The summed E-state index contributed by atoms with van der Waals surface area (Å²) in [5.41, 5.74) is 1.12. The first-order chi connectivity index (χ1) is 18.8. The zero-order valence-corrected chi connectivity index (χ0v) is 22.0. The Hall–Kier alpha value is -4.07. The molecule has 206 valence electrons. The molecule has 12 nitrogen and oxygen atoms in total. The molecule has 1 saturated heterocycles. The maximum absolute atomic E-state index is 12.9. The van der Waals surface area contributed by atoms with E-state index >= 15 is 0 Å².